The number of halogens is 1. The van der Waals surface area contributed by atoms with E-state index in [4.69, 9.17) is 5.73 Å². The molecular formula is C3H9ClKN. The molecule has 0 aromatic carbocycles. The second-order valence-electron chi connectivity index (χ2n) is 0.524. The summed E-state index contributed by atoms with van der Waals surface area (Å²) in [6, 6.07) is 0. The van der Waals surface area contributed by atoms with Crippen LogP contribution in [0.15, 0.2) is 12.7 Å². The molecule has 0 heterocycles. The van der Waals surface area contributed by atoms with Gasteiger partial charge in [-0.1, -0.05) is 6.08 Å². The van der Waals surface area contributed by atoms with E-state index in [-0.39, 0.29) is 65.2 Å². The Bertz CT molecular complexity index is 28.9. The van der Waals surface area contributed by atoms with Gasteiger partial charge in [0.05, 0.1) is 0 Å². The van der Waals surface area contributed by atoms with Crippen molar-refractivity contribution in [3.8, 4) is 0 Å². The molecule has 0 spiro atoms. The van der Waals surface area contributed by atoms with Gasteiger partial charge in [-0.15, -0.1) is 19.0 Å². The molecule has 0 aromatic rings. The summed E-state index contributed by atoms with van der Waals surface area (Å²) in [7, 11) is 0. The molecule has 0 saturated heterocycles. The van der Waals surface area contributed by atoms with Crippen LogP contribution >= 0.6 is 12.4 Å². The van der Waals surface area contributed by atoms with Crippen molar-refractivity contribution in [1.29, 1.82) is 0 Å². The van der Waals surface area contributed by atoms with E-state index >= 15 is 0 Å². The van der Waals surface area contributed by atoms with Crippen molar-refractivity contribution in [2.45, 2.75) is 0 Å². The molecule has 6 heavy (non-hydrogen) atoms. The maximum atomic E-state index is 4.91. The predicted octanol–water partition coefficient (Wildman–Crippen LogP) is -2.33. The predicted molar refractivity (Wildman–Crippen MR) is 27.6 cm³/mol. The Labute approximate surface area is 88.7 Å². The molecule has 0 atom stereocenters. The summed E-state index contributed by atoms with van der Waals surface area (Å²) in [5.74, 6) is 0. The van der Waals surface area contributed by atoms with Crippen LogP contribution in [0.1, 0.15) is 1.43 Å². The minimum absolute atomic E-state index is 0. The summed E-state index contributed by atoms with van der Waals surface area (Å²) in [6.07, 6.45) is 1.65. The minimum Gasteiger partial charge on any atom is -1.00 e. The van der Waals surface area contributed by atoms with Crippen LogP contribution in [-0.4, -0.2) is 6.54 Å². The van der Waals surface area contributed by atoms with Crippen LogP contribution in [0.4, 0.5) is 0 Å². The average molecular weight is 134 g/mol. The van der Waals surface area contributed by atoms with Gasteiger partial charge in [-0.2, -0.15) is 0 Å². The Hall–Kier alpha value is 1.63. The van der Waals surface area contributed by atoms with Crippen molar-refractivity contribution in [3.63, 3.8) is 0 Å². The van der Waals surface area contributed by atoms with Gasteiger partial charge >= 0.3 is 51.4 Å². The number of rotatable bonds is 1. The molecule has 0 bridgehead atoms. The van der Waals surface area contributed by atoms with Crippen molar-refractivity contribution >= 4 is 12.4 Å². The molecule has 0 radical (unpaired) electrons. The maximum absolute atomic E-state index is 4.91. The fraction of sp³-hybridized carbons (Fsp3) is 0.333. The molecule has 34 valence electrons. The molecule has 0 unspecified atom stereocenters. The summed E-state index contributed by atoms with van der Waals surface area (Å²) in [5.41, 5.74) is 4.91. The first-order valence-corrected chi connectivity index (χ1v) is 1.22. The Balaban J connectivity index is -0.0000000150. The van der Waals surface area contributed by atoms with Crippen molar-refractivity contribution in [1.82, 2.24) is 0 Å². The summed E-state index contributed by atoms with van der Waals surface area (Å²) < 4.78 is 0. The Morgan fingerprint density at radius 2 is 2.00 bits per heavy atom. The smallest absolute Gasteiger partial charge is 1.00 e. The third-order valence-corrected chi connectivity index (χ3v) is 0.167. The molecule has 0 aliphatic carbocycles. The van der Waals surface area contributed by atoms with Crippen molar-refractivity contribution < 1.29 is 52.8 Å². The van der Waals surface area contributed by atoms with E-state index in [1.54, 1.807) is 6.08 Å². The van der Waals surface area contributed by atoms with Crippen molar-refractivity contribution in [3.05, 3.63) is 12.7 Å². The standard InChI is InChI=1S/C3H7N.ClH.K.H/c1-2-3-4;;;/h2H,1,3-4H2;1H;;/q;;+1;-1. The Morgan fingerprint density at radius 1 is 1.83 bits per heavy atom. The van der Waals surface area contributed by atoms with Gasteiger partial charge in [-0.25, -0.2) is 0 Å². The number of nitrogens with two attached hydrogens (primary N) is 1. The fourth-order valence-corrected chi connectivity index (χ4v) is 0. The molecule has 1 nitrogen and oxygen atoms in total. The van der Waals surface area contributed by atoms with E-state index in [0.717, 1.165) is 0 Å². The molecule has 0 amide bonds. The minimum atomic E-state index is 0. The molecule has 0 aromatic heterocycles. The van der Waals surface area contributed by atoms with Gasteiger partial charge in [0.1, 0.15) is 0 Å². The van der Waals surface area contributed by atoms with Crippen LogP contribution in [0.2, 0.25) is 0 Å². The quantitative estimate of drug-likeness (QED) is 0.315. The van der Waals surface area contributed by atoms with Gasteiger partial charge in [0.15, 0.2) is 0 Å². The zero-order valence-electron chi connectivity index (χ0n) is 4.98. The van der Waals surface area contributed by atoms with Crippen LogP contribution in [0.25, 0.3) is 0 Å². The molecule has 0 saturated carbocycles. The van der Waals surface area contributed by atoms with Crippen LogP contribution < -0.4 is 57.1 Å². The Morgan fingerprint density at radius 3 is 2.00 bits per heavy atom. The van der Waals surface area contributed by atoms with E-state index in [9.17, 15) is 0 Å². The second kappa shape index (κ2) is 16.0. The van der Waals surface area contributed by atoms with Crippen molar-refractivity contribution in [2.24, 2.45) is 5.73 Å². The van der Waals surface area contributed by atoms with Crippen molar-refractivity contribution in [2.75, 3.05) is 6.54 Å². The average Bonchev–Trinajstić information content (AvgIpc) is 1.37. The van der Waals surface area contributed by atoms with E-state index in [2.05, 4.69) is 6.58 Å². The van der Waals surface area contributed by atoms with Gasteiger partial charge in [-0.05, 0) is 0 Å². The summed E-state index contributed by atoms with van der Waals surface area (Å²) >= 11 is 0. The SMILES string of the molecule is C=CCN.Cl.[H-].[K+]. The largest absolute Gasteiger partial charge is 1.00 e. The first kappa shape index (κ1) is 15.6. The molecule has 0 fully saturated rings. The second-order valence-corrected chi connectivity index (χ2v) is 0.524. The van der Waals surface area contributed by atoms with Gasteiger partial charge < -0.3 is 7.16 Å². The van der Waals surface area contributed by atoms with Gasteiger partial charge in [0, 0.05) is 6.54 Å². The van der Waals surface area contributed by atoms with E-state index < -0.39 is 0 Å². The monoisotopic (exact) mass is 133 g/mol. The molecular weight excluding hydrogens is 125 g/mol. The molecule has 2 N–H and O–H groups in total. The molecule has 0 rings (SSSR count). The van der Waals surface area contributed by atoms with Gasteiger partial charge in [-0.3, -0.25) is 0 Å². The van der Waals surface area contributed by atoms with Gasteiger partial charge in [0.25, 0.3) is 0 Å². The van der Waals surface area contributed by atoms with Crippen LogP contribution in [0.5, 0.6) is 0 Å². The maximum Gasteiger partial charge on any atom is 1.00 e. The number of hydrogen-bond donors (Lipinski definition) is 1. The van der Waals surface area contributed by atoms with E-state index in [1.165, 1.54) is 0 Å². The van der Waals surface area contributed by atoms with E-state index in [0.29, 0.717) is 6.54 Å². The normalized spacial score (nSPS) is 4.17. The molecule has 0 aliphatic heterocycles. The molecule has 3 heteroatoms. The zero-order chi connectivity index (χ0) is 3.41. The van der Waals surface area contributed by atoms with Gasteiger partial charge in [0.2, 0.25) is 0 Å². The summed E-state index contributed by atoms with van der Waals surface area (Å²) in [5, 5.41) is 0. The topological polar surface area (TPSA) is 26.0 Å². The van der Waals surface area contributed by atoms with Crippen LogP contribution in [0.3, 0.4) is 0 Å². The summed E-state index contributed by atoms with van der Waals surface area (Å²) in [4.78, 5) is 0. The first-order chi connectivity index (χ1) is 1.91. The Kier molecular flexibility index (Phi) is 41.6. The third kappa shape index (κ3) is 17.5. The summed E-state index contributed by atoms with van der Waals surface area (Å²) in [6.45, 7) is 3.94. The molecule has 0 aliphatic rings. The van der Waals surface area contributed by atoms with E-state index in [1.807, 2.05) is 0 Å². The first-order valence-electron chi connectivity index (χ1n) is 1.22. The number of hydrogen-bond acceptors (Lipinski definition) is 1. The van der Waals surface area contributed by atoms with Crippen LogP contribution in [0, 0.1) is 0 Å². The van der Waals surface area contributed by atoms with Crippen LogP contribution in [-0.2, 0) is 0 Å². The fourth-order valence-electron chi connectivity index (χ4n) is 0. The third-order valence-electron chi connectivity index (χ3n) is 0.167. The zero-order valence-corrected chi connectivity index (χ0v) is 7.92.